The molecule has 0 radical (unpaired) electrons. The minimum atomic E-state index is 0.906. The second kappa shape index (κ2) is 22.9. The smallest absolute Gasteiger partial charge is 0.136 e. The first kappa shape index (κ1) is 58.8. The van der Waals surface area contributed by atoms with Crippen LogP contribution in [-0.4, -0.2) is 18.3 Å². The van der Waals surface area contributed by atoms with Gasteiger partial charge in [-0.3, -0.25) is 0 Å². The van der Waals surface area contributed by atoms with Crippen LogP contribution in [0.1, 0.15) is 0 Å². The van der Waals surface area contributed by atoms with E-state index in [2.05, 4.69) is 376 Å². The highest BCUT2D eigenvalue weighted by molar-refractivity contribution is 7.26. The minimum Gasteiger partial charge on any atom is -0.456 e. The topological polar surface area (TPSA) is 32.9 Å². The number of para-hydroxylation sites is 5. The molecule has 0 amide bonds. The zero-order valence-electron chi connectivity index (χ0n) is 57.2. The fourth-order valence-corrected chi connectivity index (χ4v) is 19.1. The van der Waals surface area contributed by atoms with Gasteiger partial charge in [0.25, 0.3) is 0 Å². The van der Waals surface area contributed by atoms with Crippen molar-refractivity contribution in [2.24, 2.45) is 0 Å². The Morgan fingerprint density at radius 3 is 1.25 bits per heavy atom. The van der Waals surface area contributed by atoms with Crippen LogP contribution in [0.5, 0.6) is 0 Å². The van der Waals surface area contributed by atoms with Crippen LogP contribution in [0, 0.1) is 0 Å². The molecule has 0 unspecified atom stereocenters. The molecule has 0 saturated carbocycles. The molecule has 0 N–H and O–H groups in total. The average Bonchev–Trinajstić information content (AvgIpc) is 1.55. The van der Waals surface area contributed by atoms with Crippen LogP contribution in [-0.2, 0) is 0 Å². The van der Waals surface area contributed by atoms with Crippen molar-refractivity contribution >= 4 is 184 Å². The molecular weight excluding hydrogens is 1310 g/mol. The van der Waals surface area contributed by atoms with E-state index in [0.717, 1.165) is 50.3 Å². The third kappa shape index (κ3) is 8.71. The van der Waals surface area contributed by atoms with Gasteiger partial charge in [-0.2, -0.15) is 0 Å². The summed E-state index contributed by atoms with van der Waals surface area (Å²) in [5, 5.41) is 25.1. The first-order valence-electron chi connectivity index (χ1n) is 36.4. The van der Waals surface area contributed by atoms with Crippen LogP contribution in [0.2, 0.25) is 0 Å². The molecular formula is C100H60N4OS. The largest absolute Gasteiger partial charge is 0.456 e. The van der Waals surface area contributed by atoms with Crippen molar-refractivity contribution in [1.29, 1.82) is 0 Å². The Bertz CT molecular complexity index is 7830. The van der Waals surface area contributed by atoms with Crippen LogP contribution in [0.25, 0.3) is 217 Å². The summed E-state index contributed by atoms with van der Waals surface area (Å²) in [5.41, 5.74) is 20.8. The lowest BCUT2D eigenvalue weighted by molar-refractivity contribution is 0.669. The van der Waals surface area contributed by atoms with E-state index < -0.39 is 0 Å². The Morgan fingerprint density at radius 1 is 0.198 bits per heavy atom. The molecule has 5 nitrogen and oxygen atoms in total. The van der Waals surface area contributed by atoms with Crippen LogP contribution < -0.4 is 0 Å². The van der Waals surface area contributed by atoms with Crippen molar-refractivity contribution in [2.75, 3.05) is 0 Å². The van der Waals surface area contributed by atoms with Gasteiger partial charge in [0.05, 0.1) is 44.1 Å². The normalized spacial score (nSPS) is 12.2. The van der Waals surface area contributed by atoms with Gasteiger partial charge in [-0.25, -0.2) is 0 Å². The van der Waals surface area contributed by atoms with E-state index >= 15 is 0 Å². The van der Waals surface area contributed by atoms with Gasteiger partial charge >= 0.3 is 0 Å². The fraction of sp³-hybridized carbons (Fsp3) is 0. The SMILES string of the molecule is c1ccc(-n2c3cc4c(cc3c3c5ccccc5ccc32)c2ccccc2n4-c2cccc(-c3c4ccccc4cc4oc5ccccc5c34)c2)cc1.c1ccc(-n2c3cc4c(cc3c3c5ccccc5ccc32)c2ccccc2n4-c2cccc(-c3cccc4sc5cc6ccccc6cc5c34)c2)cc1. The van der Waals surface area contributed by atoms with Gasteiger partial charge in [-0.15, -0.1) is 11.3 Å². The maximum atomic E-state index is 6.47. The van der Waals surface area contributed by atoms with Crippen LogP contribution in [0.3, 0.4) is 0 Å². The number of nitrogens with zero attached hydrogens (tertiary/aromatic N) is 4. The number of furan rings is 1. The summed E-state index contributed by atoms with van der Waals surface area (Å²) < 4.78 is 18.9. The number of hydrogen-bond donors (Lipinski definition) is 0. The standard InChI is InChI=1S/C50H30N2O.C50H30N2S/c1-2-16-34(17-3-1)51-43-26-25-31-13-4-6-19-36(31)49(43)41-29-40-38-21-8-10-23-42(38)52(44(40)30-45(41)51)35-18-12-15-33(27-35)48-37-20-7-5-14-32(37)28-47-50(48)39-22-9-11-24-46(39)53-47;1-2-16-35(17-3-1)51-44-25-24-31-12-6-7-19-37(31)49(44)41-29-40-39-20-8-9-22-43(39)52(45(40)30-46(41)51)36-18-10-15-34(26-36)38-21-11-23-47-50(38)42-27-32-13-4-5-14-33(32)28-48(42)53-47/h2*1-30H. The molecule has 24 rings (SSSR count). The van der Waals surface area contributed by atoms with Crippen LogP contribution in [0.4, 0.5) is 0 Å². The van der Waals surface area contributed by atoms with Crippen LogP contribution in [0.15, 0.2) is 368 Å². The quantitative estimate of drug-likeness (QED) is 0.163. The third-order valence-electron chi connectivity index (χ3n) is 22.5. The van der Waals surface area contributed by atoms with E-state index in [9.17, 15) is 0 Å². The summed E-state index contributed by atoms with van der Waals surface area (Å²) in [5.74, 6) is 0. The Hall–Kier alpha value is -13.8. The molecule has 0 aliphatic carbocycles. The zero-order valence-corrected chi connectivity index (χ0v) is 58.1. The molecule has 0 aliphatic heterocycles. The second-order valence-electron chi connectivity index (χ2n) is 28.2. The second-order valence-corrected chi connectivity index (χ2v) is 29.3. The molecule has 6 aromatic heterocycles. The predicted molar refractivity (Wildman–Crippen MR) is 451 cm³/mol. The van der Waals surface area contributed by atoms with Gasteiger partial charge in [0.1, 0.15) is 11.2 Å². The van der Waals surface area contributed by atoms with Crippen molar-refractivity contribution in [1.82, 2.24) is 18.3 Å². The lowest BCUT2D eigenvalue weighted by Crippen LogP contribution is -1.96. The molecule has 6 heterocycles. The van der Waals surface area contributed by atoms with Gasteiger partial charge in [-0.05, 0) is 187 Å². The molecule has 0 atom stereocenters. The molecule has 0 fully saturated rings. The van der Waals surface area contributed by atoms with Gasteiger partial charge in [0.15, 0.2) is 0 Å². The summed E-state index contributed by atoms with van der Waals surface area (Å²) in [6, 6.07) is 133. The molecule has 6 heteroatoms. The number of benzene rings is 18. The molecule has 0 bridgehead atoms. The number of aromatic nitrogens is 4. The van der Waals surface area contributed by atoms with E-state index in [-0.39, 0.29) is 0 Å². The number of hydrogen-bond acceptors (Lipinski definition) is 2. The van der Waals surface area contributed by atoms with E-state index in [1.807, 2.05) is 17.4 Å². The Labute approximate surface area is 611 Å². The highest BCUT2D eigenvalue weighted by Crippen LogP contribution is 2.48. The van der Waals surface area contributed by atoms with Crippen LogP contribution >= 0.6 is 11.3 Å². The van der Waals surface area contributed by atoms with Crippen molar-refractivity contribution < 1.29 is 4.42 Å². The van der Waals surface area contributed by atoms with Crippen molar-refractivity contribution in [2.45, 2.75) is 0 Å². The molecule has 0 saturated heterocycles. The average molecular weight is 1370 g/mol. The first-order chi connectivity index (χ1) is 52.6. The lowest BCUT2D eigenvalue weighted by Gasteiger charge is -2.13. The molecule has 0 spiro atoms. The zero-order chi connectivity index (χ0) is 69.2. The molecule has 106 heavy (non-hydrogen) atoms. The maximum Gasteiger partial charge on any atom is 0.136 e. The first-order valence-corrected chi connectivity index (χ1v) is 37.2. The predicted octanol–water partition coefficient (Wildman–Crippen LogP) is 28.0. The highest BCUT2D eigenvalue weighted by atomic mass is 32.1. The van der Waals surface area contributed by atoms with E-state index in [0.29, 0.717) is 0 Å². The van der Waals surface area contributed by atoms with Crippen molar-refractivity contribution in [3.63, 3.8) is 0 Å². The van der Waals surface area contributed by atoms with Crippen molar-refractivity contribution in [3.05, 3.63) is 364 Å². The van der Waals surface area contributed by atoms with Gasteiger partial charge in [0, 0.05) is 102 Å². The number of rotatable bonds is 6. The molecule has 492 valence electrons. The van der Waals surface area contributed by atoms with Gasteiger partial charge in [0.2, 0.25) is 0 Å². The fourth-order valence-electron chi connectivity index (χ4n) is 18.0. The molecule has 0 aliphatic rings. The summed E-state index contributed by atoms with van der Waals surface area (Å²) in [6.45, 7) is 0. The molecule has 24 aromatic rings. The van der Waals surface area contributed by atoms with Gasteiger partial charge < -0.3 is 22.7 Å². The molecule has 18 aromatic carbocycles. The maximum absolute atomic E-state index is 6.47. The van der Waals surface area contributed by atoms with E-state index in [4.69, 9.17) is 4.42 Å². The van der Waals surface area contributed by atoms with Gasteiger partial charge in [-0.1, -0.05) is 237 Å². The number of fused-ring (bicyclic) bond motifs is 24. The number of thiophene rings is 1. The van der Waals surface area contributed by atoms with E-state index in [1.165, 1.54) is 167 Å². The Balaban J connectivity index is 0.000000129. The third-order valence-corrected chi connectivity index (χ3v) is 23.6. The Kier molecular flexibility index (Phi) is 12.7. The van der Waals surface area contributed by atoms with E-state index in [1.54, 1.807) is 0 Å². The monoisotopic (exact) mass is 1360 g/mol. The summed E-state index contributed by atoms with van der Waals surface area (Å²) >= 11 is 1.89. The van der Waals surface area contributed by atoms with Crippen molar-refractivity contribution in [3.8, 4) is 45.0 Å². The Morgan fingerprint density at radius 2 is 0.651 bits per heavy atom. The lowest BCUT2D eigenvalue weighted by atomic mass is 9.93. The highest BCUT2D eigenvalue weighted by Gasteiger charge is 2.25. The summed E-state index contributed by atoms with van der Waals surface area (Å²) in [6.07, 6.45) is 0. The summed E-state index contributed by atoms with van der Waals surface area (Å²) in [7, 11) is 0. The summed E-state index contributed by atoms with van der Waals surface area (Å²) in [4.78, 5) is 0. The minimum absolute atomic E-state index is 0.906.